The van der Waals surface area contributed by atoms with E-state index in [-0.39, 0.29) is 22.3 Å². The van der Waals surface area contributed by atoms with Crippen molar-refractivity contribution in [2.24, 2.45) is 5.41 Å². The molecule has 1 aromatic carbocycles. The van der Waals surface area contributed by atoms with Gasteiger partial charge in [-0.3, -0.25) is 14.7 Å². The van der Waals surface area contributed by atoms with Crippen LogP contribution in [0.4, 0.5) is 4.39 Å². The molecule has 1 unspecified atom stereocenters. The van der Waals surface area contributed by atoms with Gasteiger partial charge in [-0.25, -0.2) is 12.8 Å². The Bertz CT molecular complexity index is 1020. The molecule has 2 saturated heterocycles. The van der Waals surface area contributed by atoms with Gasteiger partial charge in [0.15, 0.2) is 0 Å². The largest absolute Gasteiger partial charge is 0.349 e. The van der Waals surface area contributed by atoms with Crippen molar-refractivity contribution in [3.8, 4) is 0 Å². The fraction of sp³-hybridized carbons (Fsp3) is 0.455. The summed E-state index contributed by atoms with van der Waals surface area (Å²) >= 11 is 0. The highest BCUT2D eigenvalue weighted by molar-refractivity contribution is 7.89. The topological polar surface area (TPSA) is 82.6 Å². The van der Waals surface area contributed by atoms with Crippen molar-refractivity contribution in [1.29, 1.82) is 0 Å². The highest BCUT2D eigenvalue weighted by Crippen LogP contribution is 2.43. The second-order valence-corrected chi connectivity index (χ2v) is 10.5. The summed E-state index contributed by atoms with van der Waals surface area (Å²) in [4.78, 5) is 19.2. The van der Waals surface area contributed by atoms with Crippen molar-refractivity contribution in [3.63, 3.8) is 0 Å². The van der Waals surface area contributed by atoms with Crippen LogP contribution in [0.3, 0.4) is 0 Å². The number of aromatic nitrogens is 1. The molecule has 0 radical (unpaired) electrons. The van der Waals surface area contributed by atoms with E-state index in [9.17, 15) is 17.6 Å². The molecule has 31 heavy (non-hydrogen) atoms. The van der Waals surface area contributed by atoms with Crippen LogP contribution >= 0.6 is 0 Å². The van der Waals surface area contributed by atoms with Crippen LogP contribution in [0.2, 0.25) is 0 Å². The van der Waals surface area contributed by atoms with Crippen molar-refractivity contribution in [3.05, 3.63) is 60.2 Å². The Hall–Kier alpha value is -2.36. The number of carbonyl (C=O) groups is 1. The second kappa shape index (κ2) is 8.64. The number of halogens is 1. The maximum Gasteiger partial charge on any atom is 0.243 e. The van der Waals surface area contributed by atoms with Gasteiger partial charge in [-0.2, -0.15) is 4.31 Å². The molecule has 2 aromatic rings. The van der Waals surface area contributed by atoms with E-state index in [0.29, 0.717) is 38.9 Å². The van der Waals surface area contributed by atoms with Crippen LogP contribution in [-0.4, -0.2) is 61.2 Å². The van der Waals surface area contributed by atoms with Gasteiger partial charge < -0.3 is 5.32 Å². The van der Waals surface area contributed by atoms with Crippen molar-refractivity contribution in [1.82, 2.24) is 19.5 Å². The van der Waals surface area contributed by atoms with E-state index in [0.717, 1.165) is 12.2 Å². The van der Waals surface area contributed by atoms with Crippen LogP contribution in [-0.2, 0) is 21.4 Å². The molecule has 0 saturated carbocycles. The maximum absolute atomic E-state index is 13.2. The zero-order valence-corrected chi connectivity index (χ0v) is 18.3. The minimum Gasteiger partial charge on any atom is -0.349 e. The van der Waals surface area contributed by atoms with Gasteiger partial charge in [-0.15, -0.1) is 0 Å². The first-order chi connectivity index (χ1) is 14.8. The molecular formula is C22H27FN4O3S. The maximum atomic E-state index is 13.2. The molecule has 7 nitrogen and oxygen atoms in total. The molecule has 1 aromatic heterocycles. The number of rotatable bonds is 5. The monoisotopic (exact) mass is 446 g/mol. The molecule has 1 N–H and O–H groups in total. The Kier molecular flexibility index (Phi) is 6.09. The first-order valence-corrected chi connectivity index (χ1v) is 11.9. The molecule has 1 spiro atoms. The number of carbonyl (C=O) groups excluding carboxylic acids is 1. The molecule has 9 heteroatoms. The van der Waals surface area contributed by atoms with Gasteiger partial charge in [0, 0.05) is 25.8 Å². The number of nitrogens with one attached hydrogen (secondary N) is 1. The molecule has 0 bridgehead atoms. The van der Waals surface area contributed by atoms with Crippen LogP contribution in [0.5, 0.6) is 0 Å². The van der Waals surface area contributed by atoms with Crippen molar-refractivity contribution in [2.45, 2.75) is 36.7 Å². The third kappa shape index (κ3) is 4.63. The summed E-state index contributed by atoms with van der Waals surface area (Å²) in [5.41, 5.74) is 0.738. The highest BCUT2D eigenvalue weighted by atomic mass is 32.2. The molecule has 2 aliphatic heterocycles. The smallest absolute Gasteiger partial charge is 0.243 e. The third-order valence-corrected chi connectivity index (χ3v) is 8.36. The lowest BCUT2D eigenvalue weighted by molar-refractivity contribution is -0.125. The fourth-order valence-corrected chi connectivity index (χ4v) is 6.12. The van der Waals surface area contributed by atoms with E-state index in [4.69, 9.17) is 0 Å². The van der Waals surface area contributed by atoms with Crippen LogP contribution in [0.1, 0.15) is 25.0 Å². The molecule has 166 valence electrons. The zero-order chi connectivity index (χ0) is 22.1. The summed E-state index contributed by atoms with van der Waals surface area (Å²) in [6, 6.07) is 10.3. The summed E-state index contributed by atoms with van der Waals surface area (Å²) in [6.45, 7) is 1.95. The first kappa shape index (κ1) is 21.9. The number of hydrogen-bond acceptors (Lipinski definition) is 5. The lowest BCUT2D eigenvalue weighted by Crippen LogP contribution is -2.44. The number of amides is 1. The number of nitrogens with zero attached hydrogens (tertiary/aromatic N) is 3. The normalized spacial score (nSPS) is 21.9. The Labute approximate surface area is 182 Å². The number of pyridine rings is 1. The Morgan fingerprint density at radius 2 is 1.90 bits per heavy atom. The van der Waals surface area contributed by atoms with Gasteiger partial charge in [-0.05, 0) is 68.1 Å². The van der Waals surface area contributed by atoms with Crippen LogP contribution in [0.15, 0.2) is 53.6 Å². The average Bonchev–Trinajstić information content (AvgIpc) is 3.09. The van der Waals surface area contributed by atoms with E-state index in [1.807, 2.05) is 25.2 Å². The molecule has 2 fully saturated rings. The predicted molar refractivity (Wildman–Crippen MR) is 114 cm³/mol. The number of likely N-dealkylation sites (N-methyl/N-ethyl adjacent to an activating group) is 1. The predicted octanol–water partition coefficient (Wildman–Crippen LogP) is 2.01. The number of likely N-dealkylation sites (tertiary alicyclic amines) is 1. The standard InChI is InChI=1S/C22H27FN4O3S/c1-26-16-22(14-20(26)21(28)25-15-18-4-2-3-11-24-18)9-12-27(13-10-22)31(29,30)19-7-5-17(23)6-8-19/h2-8,11,20H,9-10,12-16H2,1H3,(H,25,28). The van der Waals surface area contributed by atoms with Crippen molar-refractivity contribution < 1.29 is 17.6 Å². The van der Waals surface area contributed by atoms with Gasteiger partial charge in [0.05, 0.1) is 23.2 Å². The Balaban J connectivity index is 1.36. The quantitative estimate of drug-likeness (QED) is 0.760. The van der Waals surface area contributed by atoms with Gasteiger partial charge in [0.2, 0.25) is 15.9 Å². The molecule has 1 amide bonds. The minimum absolute atomic E-state index is 0.0219. The molecule has 2 aliphatic rings. The number of piperidine rings is 1. The lowest BCUT2D eigenvalue weighted by Gasteiger charge is -2.38. The number of sulfonamides is 1. The Morgan fingerprint density at radius 3 is 2.55 bits per heavy atom. The van der Waals surface area contributed by atoms with E-state index in [1.165, 1.54) is 28.6 Å². The number of hydrogen-bond donors (Lipinski definition) is 1. The molecule has 0 aliphatic carbocycles. The van der Waals surface area contributed by atoms with Gasteiger partial charge >= 0.3 is 0 Å². The number of benzene rings is 1. The molecule has 1 atom stereocenters. The van der Waals surface area contributed by atoms with Crippen molar-refractivity contribution in [2.75, 3.05) is 26.7 Å². The van der Waals surface area contributed by atoms with Crippen LogP contribution in [0, 0.1) is 11.2 Å². The molecular weight excluding hydrogens is 419 g/mol. The second-order valence-electron chi connectivity index (χ2n) is 8.53. The molecule has 4 rings (SSSR count). The summed E-state index contributed by atoms with van der Waals surface area (Å²) in [6.07, 6.45) is 3.80. The van der Waals surface area contributed by atoms with E-state index < -0.39 is 15.8 Å². The minimum atomic E-state index is -3.64. The van der Waals surface area contributed by atoms with Gasteiger partial charge in [0.1, 0.15) is 5.82 Å². The van der Waals surface area contributed by atoms with E-state index >= 15 is 0 Å². The van der Waals surface area contributed by atoms with Gasteiger partial charge in [-0.1, -0.05) is 6.07 Å². The van der Waals surface area contributed by atoms with Gasteiger partial charge in [0.25, 0.3) is 0 Å². The van der Waals surface area contributed by atoms with Crippen LogP contribution in [0.25, 0.3) is 0 Å². The third-order valence-electron chi connectivity index (χ3n) is 6.45. The van der Waals surface area contributed by atoms with E-state index in [2.05, 4.69) is 15.2 Å². The summed E-state index contributed by atoms with van der Waals surface area (Å²) < 4.78 is 40.4. The first-order valence-electron chi connectivity index (χ1n) is 10.4. The average molecular weight is 447 g/mol. The molecule has 3 heterocycles. The SMILES string of the molecule is CN1CC2(CCN(S(=O)(=O)c3ccc(F)cc3)CC2)CC1C(=O)NCc1ccccn1. The summed E-state index contributed by atoms with van der Waals surface area (Å²) in [5, 5.41) is 2.97. The zero-order valence-electron chi connectivity index (χ0n) is 17.5. The van der Waals surface area contributed by atoms with Crippen molar-refractivity contribution >= 4 is 15.9 Å². The van der Waals surface area contributed by atoms with E-state index in [1.54, 1.807) is 6.20 Å². The highest BCUT2D eigenvalue weighted by Gasteiger charge is 2.47. The fourth-order valence-electron chi connectivity index (χ4n) is 4.68. The summed E-state index contributed by atoms with van der Waals surface area (Å²) in [7, 11) is -1.69. The lowest BCUT2D eigenvalue weighted by atomic mass is 9.77. The Morgan fingerprint density at radius 1 is 1.19 bits per heavy atom. The van der Waals surface area contributed by atoms with Crippen LogP contribution < -0.4 is 5.32 Å². The summed E-state index contributed by atoms with van der Waals surface area (Å²) in [5.74, 6) is -0.482.